The maximum Gasteiger partial charge on any atom is 0.375 e. The van der Waals surface area contributed by atoms with Gasteiger partial charge < -0.3 is 14.1 Å². The number of nitrogens with two attached hydrogens (primary N) is 1. The smallest absolute Gasteiger partial charge is 0.375 e. The summed E-state index contributed by atoms with van der Waals surface area (Å²) in [7, 11) is -4.10. The van der Waals surface area contributed by atoms with Gasteiger partial charge in [-0.15, -0.1) is 0 Å². The second-order valence-electron chi connectivity index (χ2n) is 5.44. The van der Waals surface area contributed by atoms with Gasteiger partial charge in [0.15, 0.2) is 6.10 Å². The van der Waals surface area contributed by atoms with Crippen LogP contribution in [0.15, 0.2) is 52.0 Å². The summed E-state index contributed by atoms with van der Waals surface area (Å²) in [6.45, 7) is 1.49. The van der Waals surface area contributed by atoms with Crippen LogP contribution in [0.5, 0.6) is 0 Å². The van der Waals surface area contributed by atoms with Gasteiger partial charge in [0.25, 0.3) is 15.9 Å². The molecule has 2 aromatic rings. The SMILES string of the molecule is CC(OC(=O)c1ccc(S(N)(=O)=O)o1)C(=O)N(CCC#N)c1ccccc1. The Hall–Kier alpha value is -3.16. The van der Waals surface area contributed by atoms with E-state index in [1.54, 1.807) is 30.3 Å². The molecule has 2 rings (SSSR count). The van der Waals surface area contributed by atoms with Crippen molar-refractivity contribution in [2.45, 2.75) is 24.5 Å². The van der Waals surface area contributed by atoms with Crippen molar-refractivity contribution in [3.63, 3.8) is 0 Å². The molecule has 2 N–H and O–H groups in total. The highest BCUT2D eigenvalue weighted by molar-refractivity contribution is 7.89. The van der Waals surface area contributed by atoms with Crippen LogP contribution in [-0.4, -0.2) is 32.9 Å². The molecule has 27 heavy (non-hydrogen) atoms. The van der Waals surface area contributed by atoms with Gasteiger partial charge >= 0.3 is 5.97 Å². The van der Waals surface area contributed by atoms with Gasteiger partial charge in [0.1, 0.15) is 0 Å². The summed E-state index contributed by atoms with van der Waals surface area (Å²) in [6.07, 6.45) is -1.10. The summed E-state index contributed by atoms with van der Waals surface area (Å²) >= 11 is 0. The molecule has 0 spiro atoms. The first-order valence-electron chi connectivity index (χ1n) is 7.81. The zero-order valence-corrected chi connectivity index (χ0v) is 15.2. The van der Waals surface area contributed by atoms with Crippen molar-refractivity contribution in [3.8, 4) is 6.07 Å². The number of carbonyl (C=O) groups is 2. The molecule has 142 valence electrons. The molecule has 0 saturated heterocycles. The van der Waals surface area contributed by atoms with Crippen LogP contribution in [-0.2, 0) is 19.6 Å². The third-order valence-corrected chi connectivity index (χ3v) is 4.26. The average molecular weight is 391 g/mol. The Morgan fingerprint density at radius 2 is 1.93 bits per heavy atom. The molecule has 0 fully saturated rings. The number of primary sulfonamides is 1. The molecular formula is C17H17N3O6S. The Morgan fingerprint density at radius 1 is 1.26 bits per heavy atom. The third kappa shape index (κ3) is 5.16. The van der Waals surface area contributed by atoms with Crippen molar-refractivity contribution in [2.75, 3.05) is 11.4 Å². The first-order chi connectivity index (χ1) is 12.7. The molecule has 1 unspecified atom stereocenters. The Balaban J connectivity index is 2.13. The van der Waals surface area contributed by atoms with Crippen LogP contribution in [0.3, 0.4) is 0 Å². The van der Waals surface area contributed by atoms with Crippen molar-refractivity contribution in [1.29, 1.82) is 5.26 Å². The van der Waals surface area contributed by atoms with E-state index in [2.05, 4.69) is 0 Å². The number of carbonyl (C=O) groups excluding carboxylic acids is 2. The summed E-state index contributed by atoms with van der Waals surface area (Å²) in [5, 5.41) is 13.1. The van der Waals surface area contributed by atoms with Gasteiger partial charge in [-0.3, -0.25) is 4.79 Å². The summed E-state index contributed by atoms with van der Waals surface area (Å²) in [4.78, 5) is 26.1. The maximum atomic E-state index is 12.7. The van der Waals surface area contributed by atoms with Crippen LogP contribution < -0.4 is 10.0 Å². The van der Waals surface area contributed by atoms with Gasteiger partial charge in [-0.25, -0.2) is 18.4 Å². The molecule has 0 radical (unpaired) electrons. The Kier molecular flexibility index (Phi) is 6.33. The normalized spacial score (nSPS) is 12.0. The van der Waals surface area contributed by atoms with Gasteiger partial charge in [0, 0.05) is 12.2 Å². The van der Waals surface area contributed by atoms with Crippen LogP contribution in [0.25, 0.3) is 0 Å². The molecule has 1 heterocycles. The van der Waals surface area contributed by atoms with E-state index in [9.17, 15) is 18.0 Å². The van der Waals surface area contributed by atoms with Crippen LogP contribution in [0.4, 0.5) is 5.69 Å². The fraction of sp³-hybridized carbons (Fsp3) is 0.235. The van der Waals surface area contributed by atoms with Crippen molar-refractivity contribution in [2.24, 2.45) is 5.14 Å². The third-order valence-electron chi connectivity index (χ3n) is 3.48. The van der Waals surface area contributed by atoms with E-state index in [1.807, 2.05) is 6.07 Å². The summed E-state index contributed by atoms with van der Waals surface area (Å²) < 4.78 is 32.3. The van der Waals surface area contributed by atoms with E-state index in [0.717, 1.165) is 12.1 Å². The minimum Gasteiger partial charge on any atom is -0.447 e. The van der Waals surface area contributed by atoms with Crippen LogP contribution in [0.2, 0.25) is 0 Å². The monoisotopic (exact) mass is 391 g/mol. The number of benzene rings is 1. The Labute approximate surface area is 156 Å². The molecule has 1 aromatic heterocycles. The average Bonchev–Trinajstić information content (AvgIpc) is 3.13. The molecule has 0 aliphatic rings. The predicted octanol–water partition coefficient (Wildman–Crippen LogP) is 1.42. The van der Waals surface area contributed by atoms with E-state index >= 15 is 0 Å². The topological polar surface area (TPSA) is 144 Å². The zero-order chi connectivity index (χ0) is 20.0. The van der Waals surface area contributed by atoms with Crippen LogP contribution in [0, 0.1) is 11.3 Å². The number of hydrogen-bond acceptors (Lipinski definition) is 7. The van der Waals surface area contributed by atoms with Crippen molar-refractivity contribution >= 4 is 27.6 Å². The number of nitriles is 1. The number of nitrogens with zero attached hydrogens (tertiary/aromatic N) is 2. The predicted molar refractivity (Wildman–Crippen MR) is 94.0 cm³/mol. The largest absolute Gasteiger partial charge is 0.447 e. The molecular weight excluding hydrogens is 374 g/mol. The number of furan rings is 1. The number of esters is 1. The van der Waals surface area contributed by atoms with Crippen LogP contribution >= 0.6 is 0 Å². The Morgan fingerprint density at radius 3 is 2.48 bits per heavy atom. The van der Waals surface area contributed by atoms with Crippen molar-refractivity contribution in [1.82, 2.24) is 0 Å². The van der Waals surface area contributed by atoms with Gasteiger partial charge in [-0.05, 0) is 31.2 Å². The van der Waals surface area contributed by atoms with E-state index in [1.165, 1.54) is 11.8 Å². The Bertz CT molecular complexity index is 962. The summed E-state index contributed by atoms with van der Waals surface area (Å²) in [6, 6.07) is 12.7. The van der Waals surface area contributed by atoms with E-state index in [0.29, 0.717) is 5.69 Å². The van der Waals surface area contributed by atoms with E-state index < -0.39 is 38.9 Å². The number of para-hydroxylation sites is 1. The minimum atomic E-state index is -4.10. The highest BCUT2D eigenvalue weighted by Crippen LogP contribution is 2.18. The first kappa shape index (κ1) is 20.2. The molecule has 1 aromatic carbocycles. The lowest BCUT2D eigenvalue weighted by atomic mass is 10.2. The highest BCUT2D eigenvalue weighted by Gasteiger charge is 2.27. The highest BCUT2D eigenvalue weighted by atomic mass is 32.2. The quantitative estimate of drug-likeness (QED) is 0.703. The number of rotatable bonds is 7. The molecule has 0 saturated carbocycles. The fourth-order valence-corrected chi connectivity index (χ4v) is 2.67. The molecule has 1 atom stereocenters. The molecule has 0 bridgehead atoms. The minimum absolute atomic E-state index is 0.0944. The number of hydrogen-bond donors (Lipinski definition) is 1. The van der Waals surface area contributed by atoms with E-state index in [4.69, 9.17) is 19.6 Å². The van der Waals surface area contributed by atoms with Crippen molar-refractivity contribution < 1.29 is 27.2 Å². The second kappa shape index (κ2) is 8.48. The lowest BCUT2D eigenvalue weighted by Crippen LogP contribution is -2.40. The molecule has 0 aliphatic carbocycles. The molecule has 9 nitrogen and oxygen atoms in total. The van der Waals surface area contributed by atoms with Gasteiger partial charge in [-0.1, -0.05) is 18.2 Å². The van der Waals surface area contributed by atoms with Gasteiger partial charge in [-0.2, -0.15) is 5.26 Å². The van der Waals surface area contributed by atoms with Crippen LogP contribution in [0.1, 0.15) is 23.9 Å². The lowest BCUT2D eigenvalue weighted by Gasteiger charge is -2.24. The standard InChI is InChI=1S/C17H17N3O6S/c1-12(25-17(22)14-8-9-15(26-14)27(19,23)24)16(21)20(11-5-10-18)13-6-3-2-4-7-13/h2-4,6-9,12H,5,11H2,1H3,(H2,19,23,24). The van der Waals surface area contributed by atoms with E-state index in [-0.39, 0.29) is 13.0 Å². The zero-order valence-electron chi connectivity index (χ0n) is 14.4. The summed E-state index contributed by atoms with van der Waals surface area (Å²) in [5.74, 6) is -1.95. The number of ether oxygens (including phenoxy) is 1. The summed E-state index contributed by atoms with van der Waals surface area (Å²) in [5.41, 5.74) is 0.551. The lowest BCUT2D eigenvalue weighted by molar-refractivity contribution is -0.126. The van der Waals surface area contributed by atoms with Crippen molar-refractivity contribution in [3.05, 3.63) is 48.2 Å². The number of anilines is 1. The number of amides is 1. The van der Waals surface area contributed by atoms with Gasteiger partial charge in [0.05, 0.1) is 12.5 Å². The molecule has 0 aliphatic heterocycles. The maximum absolute atomic E-state index is 12.7. The molecule has 1 amide bonds. The van der Waals surface area contributed by atoms with Gasteiger partial charge in [0.2, 0.25) is 10.9 Å². The first-order valence-corrected chi connectivity index (χ1v) is 9.35. The second-order valence-corrected chi connectivity index (χ2v) is 6.94. The molecule has 10 heteroatoms. The number of sulfonamides is 1. The fourth-order valence-electron chi connectivity index (χ4n) is 2.21.